The van der Waals surface area contributed by atoms with Crippen LogP contribution in [0.3, 0.4) is 0 Å². The number of aliphatic hydroxyl groups excluding tert-OH is 1. The summed E-state index contributed by atoms with van der Waals surface area (Å²) in [7, 11) is 0. The van der Waals surface area contributed by atoms with Crippen LogP contribution in [0.2, 0.25) is 0 Å². The Morgan fingerprint density at radius 1 is 1.40 bits per heavy atom. The number of carbonyl (C=O) groups excluding carboxylic acids is 1. The molecule has 0 radical (unpaired) electrons. The quantitative estimate of drug-likeness (QED) is 0.922. The molecule has 0 aliphatic carbocycles. The van der Waals surface area contributed by atoms with Crippen LogP contribution in [-0.4, -0.2) is 41.2 Å². The van der Waals surface area contributed by atoms with Gasteiger partial charge in [0, 0.05) is 25.6 Å². The van der Waals surface area contributed by atoms with E-state index in [0.29, 0.717) is 24.4 Å². The first kappa shape index (κ1) is 14.9. The van der Waals surface area contributed by atoms with Crippen LogP contribution < -0.4 is 4.74 Å². The molecule has 1 aromatic rings. The minimum Gasteiger partial charge on any atom is -0.487 e. The normalized spacial score (nSPS) is 19.2. The average Bonchev–Trinajstić information content (AvgIpc) is 2.85. The first-order chi connectivity index (χ1) is 9.40. The Labute approximate surface area is 120 Å². The Bertz CT molecular complexity index is 479. The van der Waals surface area contributed by atoms with Gasteiger partial charge < -0.3 is 14.7 Å². The number of likely N-dealkylation sites (tertiary alicyclic amines) is 1. The number of para-hydroxylation sites is 1. The molecular formula is C16H23NO3. The van der Waals surface area contributed by atoms with Gasteiger partial charge in [-0.25, -0.2) is 0 Å². The predicted molar refractivity (Wildman–Crippen MR) is 77.9 cm³/mol. The van der Waals surface area contributed by atoms with E-state index in [0.717, 1.165) is 6.42 Å². The fraction of sp³-hybridized carbons (Fsp3) is 0.562. The molecule has 1 atom stereocenters. The molecule has 1 amide bonds. The number of amides is 1. The van der Waals surface area contributed by atoms with Crippen molar-refractivity contribution >= 4 is 5.91 Å². The van der Waals surface area contributed by atoms with E-state index in [2.05, 4.69) is 0 Å². The number of hydrogen-bond acceptors (Lipinski definition) is 3. The molecule has 1 aliphatic heterocycles. The number of hydrogen-bond donors (Lipinski definition) is 1. The summed E-state index contributed by atoms with van der Waals surface area (Å²) in [5, 5.41) is 9.18. The lowest BCUT2D eigenvalue weighted by molar-refractivity contribution is 0.0765. The van der Waals surface area contributed by atoms with Gasteiger partial charge in [-0.3, -0.25) is 4.79 Å². The smallest absolute Gasteiger partial charge is 0.257 e. The average molecular weight is 277 g/mol. The number of aliphatic hydroxyl groups is 1. The van der Waals surface area contributed by atoms with Crippen LogP contribution >= 0.6 is 0 Å². The maximum absolute atomic E-state index is 12.6. The van der Waals surface area contributed by atoms with E-state index in [1.165, 1.54) is 0 Å². The Morgan fingerprint density at radius 3 is 2.70 bits per heavy atom. The van der Waals surface area contributed by atoms with Crippen molar-refractivity contribution in [1.29, 1.82) is 0 Å². The minimum absolute atomic E-state index is 0.0131. The Morgan fingerprint density at radius 2 is 2.10 bits per heavy atom. The lowest BCUT2D eigenvalue weighted by Gasteiger charge is -2.24. The molecule has 1 N–H and O–H groups in total. The summed E-state index contributed by atoms with van der Waals surface area (Å²) >= 11 is 0. The van der Waals surface area contributed by atoms with Crippen molar-refractivity contribution in [3.63, 3.8) is 0 Å². The Hall–Kier alpha value is -1.55. The summed E-state index contributed by atoms with van der Waals surface area (Å²) < 4.78 is 5.87. The highest BCUT2D eigenvalue weighted by atomic mass is 16.5. The molecule has 20 heavy (non-hydrogen) atoms. The summed E-state index contributed by atoms with van der Waals surface area (Å²) in [5.74, 6) is 0.813. The van der Waals surface area contributed by atoms with Crippen LogP contribution in [0.15, 0.2) is 24.3 Å². The third-order valence-electron chi connectivity index (χ3n) is 3.36. The van der Waals surface area contributed by atoms with E-state index in [9.17, 15) is 9.90 Å². The van der Waals surface area contributed by atoms with Gasteiger partial charge in [-0.2, -0.15) is 0 Å². The first-order valence-corrected chi connectivity index (χ1v) is 7.09. The van der Waals surface area contributed by atoms with Crippen LogP contribution in [0.1, 0.15) is 37.6 Å². The van der Waals surface area contributed by atoms with Gasteiger partial charge in [-0.05, 0) is 39.3 Å². The second-order valence-electron chi connectivity index (χ2n) is 6.30. The molecule has 4 heteroatoms. The lowest BCUT2D eigenvalue weighted by atomic mass is 10.1. The minimum atomic E-state index is -0.338. The maximum atomic E-state index is 12.6. The van der Waals surface area contributed by atoms with E-state index >= 15 is 0 Å². The van der Waals surface area contributed by atoms with E-state index in [1.807, 2.05) is 39.0 Å². The third kappa shape index (κ3) is 3.51. The van der Waals surface area contributed by atoms with E-state index < -0.39 is 0 Å². The van der Waals surface area contributed by atoms with Gasteiger partial charge >= 0.3 is 0 Å². The van der Waals surface area contributed by atoms with Gasteiger partial charge in [-0.15, -0.1) is 0 Å². The van der Waals surface area contributed by atoms with Gasteiger partial charge in [0.2, 0.25) is 0 Å². The first-order valence-electron chi connectivity index (χ1n) is 7.09. The molecule has 1 unspecified atom stereocenters. The fourth-order valence-corrected chi connectivity index (χ4v) is 2.40. The third-order valence-corrected chi connectivity index (χ3v) is 3.36. The van der Waals surface area contributed by atoms with E-state index in [-0.39, 0.29) is 24.0 Å². The van der Waals surface area contributed by atoms with Gasteiger partial charge in [0.15, 0.2) is 0 Å². The summed E-state index contributed by atoms with van der Waals surface area (Å²) in [6, 6.07) is 7.36. The maximum Gasteiger partial charge on any atom is 0.257 e. The van der Waals surface area contributed by atoms with Crippen molar-refractivity contribution < 1.29 is 14.6 Å². The molecule has 110 valence electrons. The molecule has 0 aromatic heterocycles. The number of ether oxygens (including phenoxy) is 1. The van der Waals surface area contributed by atoms with E-state index in [4.69, 9.17) is 4.74 Å². The van der Waals surface area contributed by atoms with Crippen LogP contribution in [0.25, 0.3) is 0 Å². The van der Waals surface area contributed by atoms with Gasteiger partial charge in [0.25, 0.3) is 5.91 Å². The zero-order valence-electron chi connectivity index (χ0n) is 12.4. The highest BCUT2D eigenvalue weighted by Crippen LogP contribution is 2.26. The molecule has 4 nitrogen and oxygen atoms in total. The molecule has 1 aliphatic rings. The molecule has 1 aromatic carbocycles. The zero-order chi connectivity index (χ0) is 14.8. The van der Waals surface area contributed by atoms with Crippen molar-refractivity contribution in [3.8, 4) is 5.75 Å². The van der Waals surface area contributed by atoms with Crippen LogP contribution in [0, 0.1) is 5.92 Å². The largest absolute Gasteiger partial charge is 0.487 e. The fourth-order valence-electron chi connectivity index (χ4n) is 2.40. The second kappa shape index (κ2) is 5.83. The van der Waals surface area contributed by atoms with Crippen molar-refractivity contribution in [2.75, 3.05) is 19.7 Å². The number of rotatable bonds is 3. The van der Waals surface area contributed by atoms with Crippen molar-refractivity contribution in [1.82, 2.24) is 4.90 Å². The standard InChI is InChI=1S/C16H23NO3/c1-16(2,3)20-14-7-5-4-6-13(14)15(19)17-9-8-12(10-17)11-18/h4-7,12,18H,8-11H2,1-3H3. The molecule has 2 rings (SSSR count). The predicted octanol–water partition coefficient (Wildman–Crippen LogP) is 2.32. The Balaban J connectivity index is 2.18. The number of nitrogens with zero attached hydrogens (tertiary/aromatic N) is 1. The molecular weight excluding hydrogens is 254 g/mol. The molecule has 1 saturated heterocycles. The summed E-state index contributed by atoms with van der Waals surface area (Å²) in [6.45, 7) is 7.36. The second-order valence-corrected chi connectivity index (χ2v) is 6.30. The van der Waals surface area contributed by atoms with Crippen LogP contribution in [0.5, 0.6) is 5.75 Å². The Kier molecular flexibility index (Phi) is 4.33. The van der Waals surface area contributed by atoms with Crippen molar-refractivity contribution in [3.05, 3.63) is 29.8 Å². The highest BCUT2D eigenvalue weighted by Gasteiger charge is 2.28. The monoisotopic (exact) mass is 277 g/mol. The molecule has 0 spiro atoms. The molecule has 1 heterocycles. The number of benzene rings is 1. The van der Waals surface area contributed by atoms with Crippen molar-refractivity contribution in [2.24, 2.45) is 5.92 Å². The van der Waals surface area contributed by atoms with E-state index in [1.54, 1.807) is 11.0 Å². The topological polar surface area (TPSA) is 49.8 Å². The summed E-state index contributed by atoms with van der Waals surface area (Å²) in [6.07, 6.45) is 0.866. The zero-order valence-corrected chi connectivity index (χ0v) is 12.4. The molecule has 1 fully saturated rings. The SMILES string of the molecule is CC(C)(C)Oc1ccccc1C(=O)N1CCC(CO)C1. The van der Waals surface area contributed by atoms with Gasteiger partial charge in [0.05, 0.1) is 5.56 Å². The van der Waals surface area contributed by atoms with Crippen LogP contribution in [0.4, 0.5) is 0 Å². The lowest BCUT2D eigenvalue weighted by Crippen LogP contribution is -2.31. The van der Waals surface area contributed by atoms with Gasteiger partial charge in [0.1, 0.15) is 11.4 Å². The van der Waals surface area contributed by atoms with Crippen LogP contribution in [-0.2, 0) is 0 Å². The molecule has 0 saturated carbocycles. The molecule has 0 bridgehead atoms. The number of carbonyl (C=O) groups is 1. The summed E-state index contributed by atoms with van der Waals surface area (Å²) in [4.78, 5) is 14.4. The summed E-state index contributed by atoms with van der Waals surface area (Å²) in [5.41, 5.74) is 0.260. The van der Waals surface area contributed by atoms with Gasteiger partial charge in [-0.1, -0.05) is 12.1 Å². The van der Waals surface area contributed by atoms with Crippen molar-refractivity contribution in [2.45, 2.75) is 32.8 Å². The highest BCUT2D eigenvalue weighted by molar-refractivity contribution is 5.97.